The molecule has 0 saturated heterocycles. The van der Waals surface area contributed by atoms with E-state index in [1.807, 2.05) is 47.1 Å². The number of aromatic nitrogens is 4. The standard InChI is InChI=1S/C29H20Br2N4/c30-22-16-14-20(15-17-22)28-24(19-35(33-28)23-9-2-1-3-10-23)29-32-26-12-6-7-13-27(26)34(29)18-21-8-4-5-11-25(21)31/h1-17,19H,18H2. The van der Waals surface area contributed by atoms with Gasteiger partial charge in [0.05, 0.1) is 28.8 Å². The van der Waals surface area contributed by atoms with Crippen LogP contribution in [0.3, 0.4) is 0 Å². The summed E-state index contributed by atoms with van der Waals surface area (Å²) in [6, 6.07) is 35.1. The van der Waals surface area contributed by atoms with Crippen molar-refractivity contribution < 1.29 is 0 Å². The number of rotatable bonds is 5. The minimum Gasteiger partial charge on any atom is -0.319 e. The fraction of sp³-hybridized carbons (Fsp3) is 0.0345. The van der Waals surface area contributed by atoms with Crippen LogP contribution in [0.4, 0.5) is 0 Å². The topological polar surface area (TPSA) is 35.6 Å². The van der Waals surface area contributed by atoms with Crippen molar-refractivity contribution in [1.82, 2.24) is 19.3 Å². The van der Waals surface area contributed by atoms with Crippen LogP contribution in [0.2, 0.25) is 0 Å². The van der Waals surface area contributed by atoms with Crippen molar-refractivity contribution in [2.24, 2.45) is 0 Å². The zero-order chi connectivity index (χ0) is 23.8. The highest BCUT2D eigenvalue weighted by molar-refractivity contribution is 9.10. The minimum atomic E-state index is 0.688. The van der Waals surface area contributed by atoms with Crippen molar-refractivity contribution in [1.29, 1.82) is 0 Å². The van der Waals surface area contributed by atoms with Crippen LogP contribution in [0.25, 0.3) is 39.4 Å². The Morgan fingerprint density at radius 1 is 0.714 bits per heavy atom. The van der Waals surface area contributed by atoms with Gasteiger partial charge in [0.25, 0.3) is 0 Å². The van der Waals surface area contributed by atoms with Gasteiger partial charge in [-0.2, -0.15) is 5.10 Å². The van der Waals surface area contributed by atoms with Gasteiger partial charge in [0.1, 0.15) is 11.5 Å². The summed E-state index contributed by atoms with van der Waals surface area (Å²) in [7, 11) is 0. The highest BCUT2D eigenvalue weighted by Crippen LogP contribution is 2.35. The van der Waals surface area contributed by atoms with Gasteiger partial charge < -0.3 is 4.57 Å². The molecule has 6 rings (SSSR count). The molecule has 0 fully saturated rings. The fourth-order valence-corrected chi connectivity index (χ4v) is 4.98. The Morgan fingerprint density at radius 3 is 2.23 bits per heavy atom. The Bertz CT molecular complexity index is 1630. The first-order valence-corrected chi connectivity index (χ1v) is 12.9. The normalized spacial score (nSPS) is 11.3. The molecule has 35 heavy (non-hydrogen) atoms. The quantitative estimate of drug-likeness (QED) is 0.205. The summed E-state index contributed by atoms with van der Waals surface area (Å²) in [4.78, 5) is 5.10. The molecular weight excluding hydrogens is 564 g/mol. The number of benzene rings is 4. The lowest BCUT2D eigenvalue weighted by Gasteiger charge is -2.11. The van der Waals surface area contributed by atoms with Gasteiger partial charge >= 0.3 is 0 Å². The molecule has 0 aliphatic carbocycles. The number of imidazole rings is 1. The smallest absolute Gasteiger partial charge is 0.145 e. The van der Waals surface area contributed by atoms with E-state index >= 15 is 0 Å². The van der Waals surface area contributed by atoms with Gasteiger partial charge in [0.15, 0.2) is 0 Å². The fourth-order valence-electron chi connectivity index (χ4n) is 4.31. The Kier molecular flexibility index (Phi) is 5.84. The van der Waals surface area contributed by atoms with Crippen molar-refractivity contribution in [3.63, 3.8) is 0 Å². The highest BCUT2D eigenvalue weighted by Gasteiger charge is 2.21. The summed E-state index contributed by atoms with van der Waals surface area (Å²) in [6.07, 6.45) is 2.09. The predicted molar refractivity (Wildman–Crippen MR) is 149 cm³/mol. The zero-order valence-electron chi connectivity index (χ0n) is 18.6. The Hall–Kier alpha value is -3.48. The summed E-state index contributed by atoms with van der Waals surface area (Å²) >= 11 is 7.28. The van der Waals surface area contributed by atoms with Crippen molar-refractivity contribution in [2.75, 3.05) is 0 Å². The summed E-state index contributed by atoms with van der Waals surface area (Å²) in [5.41, 5.74) is 7.17. The first-order valence-electron chi connectivity index (χ1n) is 11.3. The molecule has 170 valence electrons. The Morgan fingerprint density at radius 2 is 1.43 bits per heavy atom. The first-order chi connectivity index (χ1) is 17.2. The molecule has 0 unspecified atom stereocenters. The molecule has 0 saturated carbocycles. The second kappa shape index (κ2) is 9.29. The van der Waals surface area contributed by atoms with Crippen molar-refractivity contribution >= 4 is 42.9 Å². The predicted octanol–water partition coefficient (Wildman–Crippen LogP) is 8.13. The van der Waals surface area contributed by atoms with Crippen LogP contribution in [-0.4, -0.2) is 19.3 Å². The molecule has 0 bridgehead atoms. The van der Waals surface area contributed by atoms with E-state index in [-0.39, 0.29) is 0 Å². The summed E-state index contributed by atoms with van der Waals surface area (Å²) in [5, 5.41) is 5.03. The van der Waals surface area contributed by atoms with Gasteiger partial charge in [-0.15, -0.1) is 0 Å². The number of halogens is 2. The number of hydrogen-bond acceptors (Lipinski definition) is 2. The number of nitrogens with zero attached hydrogens (tertiary/aromatic N) is 4. The third-order valence-corrected chi connectivity index (χ3v) is 7.34. The van der Waals surface area contributed by atoms with Crippen LogP contribution < -0.4 is 0 Å². The van der Waals surface area contributed by atoms with E-state index in [9.17, 15) is 0 Å². The lowest BCUT2D eigenvalue weighted by molar-refractivity contribution is 0.830. The van der Waals surface area contributed by atoms with Crippen molar-refractivity contribution in [3.05, 3.63) is 124 Å². The summed E-state index contributed by atoms with van der Waals surface area (Å²) in [5.74, 6) is 0.891. The second-order valence-electron chi connectivity index (χ2n) is 8.28. The van der Waals surface area contributed by atoms with E-state index in [1.165, 1.54) is 5.56 Å². The maximum absolute atomic E-state index is 5.10. The molecule has 4 aromatic carbocycles. The SMILES string of the molecule is Brc1ccc(-c2nn(-c3ccccc3)cc2-c2nc3ccccc3n2Cc2ccccc2Br)cc1. The molecule has 0 amide bonds. The van der Waals surface area contributed by atoms with Gasteiger partial charge in [-0.1, -0.05) is 92.5 Å². The molecule has 4 nitrogen and oxygen atoms in total. The van der Waals surface area contributed by atoms with Crippen molar-refractivity contribution in [3.8, 4) is 28.3 Å². The van der Waals surface area contributed by atoms with Gasteiger partial charge in [-0.3, -0.25) is 0 Å². The third kappa shape index (κ3) is 4.24. The van der Waals surface area contributed by atoms with Crippen LogP contribution in [-0.2, 0) is 6.54 Å². The van der Waals surface area contributed by atoms with E-state index in [0.717, 1.165) is 48.3 Å². The van der Waals surface area contributed by atoms with E-state index < -0.39 is 0 Å². The molecular formula is C29H20Br2N4. The van der Waals surface area contributed by atoms with Gasteiger partial charge in [0, 0.05) is 20.7 Å². The molecule has 0 atom stereocenters. The largest absolute Gasteiger partial charge is 0.319 e. The van der Waals surface area contributed by atoms with Crippen molar-refractivity contribution in [2.45, 2.75) is 6.54 Å². The first kappa shape index (κ1) is 22.0. The molecule has 0 radical (unpaired) electrons. The van der Waals surface area contributed by atoms with E-state index in [1.54, 1.807) is 0 Å². The lowest BCUT2D eigenvalue weighted by atomic mass is 10.1. The molecule has 0 aliphatic rings. The average Bonchev–Trinajstić information content (AvgIpc) is 3.49. The zero-order valence-corrected chi connectivity index (χ0v) is 21.8. The molecule has 6 heteroatoms. The van der Waals surface area contributed by atoms with E-state index in [4.69, 9.17) is 10.1 Å². The molecule has 2 heterocycles. The van der Waals surface area contributed by atoms with E-state index in [0.29, 0.717) is 6.54 Å². The van der Waals surface area contributed by atoms with Gasteiger partial charge in [0.2, 0.25) is 0 Å². The van der Waals surface area contributed by atoms with Gasteiger partial charge in [-0.25, -0.2) is 9.67 Å². The van der Waals surface area contributed by atoms with Crippen LogP contribution in [0.1, 0.15) is 5.56 Å². The number of hydrogen-bond donors (Lipinski definition) is 0. The lowest BCUT2D eigenvalue weighted by Crippen LogP contribution is -2.03. The highest BCUT2D eigenvalue weighted by atomic mass is 79.9. The molecule has 0 N–H and O–H groups in total. The average molecular weight is 584 g/mol. The monoisotopic (exact) mass is 582 g/mol. The third-order valence-electron chi connectivity index (χ3n) is 6.03. The van der Waals surface area contributed by atoms with Crippen LogP contribution in [0.15, 0.2) is 118 Å². The van der Waals surface area contributed by atoms with Crippen LogP contribution >= 0.6 is 31.9 Å². The number of para-hydroxylation sites is 3. The van der Waals surface area contributed by atoms with E-state index in [2.05, 4.69) is 103 Å². The Balaban J connectivity index is 1.60. The maximum atomic E-state index is 5.10. The van der Waals surface area contributed by atoms with Crippen LogP contribution in [0.5, 0.6) is 0 Å². The summed E-state index contributed by atoms with van der Waals surface area (Å²) < 4.78 is 6.34. The molecule has 2 aromatic heterocycles. The number of fused-ring (bicyclic) bond motifs is 1. The molecule has 0 aliphatic heterocycles. The minimum absolute atomic E-state index is 0.688. The van der Waals surface area contributed by atoms with Gasteiger partial charge in [-0.05, 0) is 48.0 Å². The Labute approximate surface area is 220 Å². The van der Waals surface area contributed by atoms with Crippen LogP contribution in [0, 0.1) is 0 Å². The maximum Gasteiger partial charge on any atom is 0.145 e. The second-order valence-corrected chi connectivity index (χ2v) is 10.1. The molecule has 0 spiro atoms. The summed E-state index contributed by atoms with van der Waals surface area (Å²) in [6.45, 7) is 0.688. The molecule has 6 aromatic rings.